The molecule has 1 N–H and O–H groups in total. The van der Waals surface area contributed by atoms with Gasteiger partial charge in [-0.2, -0.15) is 0 Å². The summed E-state index contributed by atoms with van der Waals surface area (Å²) in [5.41, 5.74) is 2.46. The van der Waals surface area contributed by atoms with Crippen molar-refractivity contribution in [3.05, 3.63) is 59.5 Å². The van der Waals surface area contributed by atoms with Crippen LogP contribution in [0.2, 0.25) is 0 Å². The first-order valence-electron chi connectivity index (χ1n) is 10.0. The Morgan fingerprint density at radius 1 is 1.17 bits per heavy atom. The number of nitrogens with zero attached hydrogens (tertiary/aromatic N) is 4. The van der Waals surface area contributed by atoms with Gasteiger partial charge in [0.1, 0.15) is 16.5 Å². The number of nitrogens with one attached hydrogen (secondary N) is 1. The van der Waals surface area contributed by atoms with Crippen LogP contribution < -0.4 is 5.32 Å². The Labute approximate surface area is 174 Å². The average molecular weight is 406 g/mol. The summed E-state index contributed by atoms with van der Waals surface area (Å²) in [4.78, 5) is 28.9. The second kappa shape index (κ2) is 7.55. The van der Waals surface area contributed by atoms with Gasteiger partial charge >= 0.3 is 0 Å². The van der Waals surface area contributed by atoms with Gasteiger partial charge in [-0.25, -0.2) is 9.97 Å². The number of hydrogen-bond donors (Lipinski definition) is 1. The highest BCUT2D eigenvalue weighted by atomic mass is 32.1. The molecule has 2 saturated heterocycles. The van der Waals surface area contributed by atoms with E-state index in [-0.39, 0.29) is 18.0 Å². The minimum absolute atomic E-state index is 0.00821. The Morgan fingerprint density at radius 3 is 2.86 bits per heavy atom. The van der Waals surface area contributed by atoms with E-state index in [1.165, 1.54) is 17.8 Å². The van der Waals surface area contributed by atoms with Crippen LogP contribution in [0.3, 0.4) is 0 Å². The predicted octanol–water partition coefficient (Wildman–Crippen LogP) is 4.01. The van der Waals surface area contributed by atoms with Gasteiger partial charge in [0.05, 0.1) is 6.04 Å². The Kier molecular flexibility index (Phi) is 4.75. The molecule has 1 amide bonds. The number of thiazole rings is 1. The lowest BCUT2D eigenvalue weighted by Crippen LogP contribution is -2.60. The lowest BCUT2D eigenvalue weighted by atomic mass is 9.76. The summed E-state index contributed by atoms with van der Waals surface area (Å²) in [6.07, 6.45) is 8.60. The number of rotatable bonds is 4. The summed E-state index contributed by atoms with van der Waals surface area (Å²) in [7, 11) is 0. The number of piperidine rings is 2. The van der Waals surface area contributed by atoms with E-state index in [1.54, 1.807) is 12.4 Å². The van der Waals surface area contributed by atoms with E-state index in [0.717, 1.165) is 41.3 Å². The molecule has 2 bridgehead atoms. The van der Waals surface area contributed by atoms with Gasteiger partial charge in [-0.3, -0.25) is 9.78 Å². The summed E-state index contributed by atoms with van der Waals surface area (Å²) >= 11 is 1.53. The van der Waals surface area contributed by atoms with Crippen molar-refractivity contribution >= 4 is 23.1 Å². The second-order valence-corrected chi connectivity index (χ2v) is 8.81. The van der Waals surface area contributed by atoms with E-state index in [0.29, 0.717) is 11.6 Å². The molecule has 148 valence electrons. The summed E-state index contributed by atoms with van der Waals surface area (Å²) < 4.78 is 0. The maximum Gasteiger partial charge on any atom is 0.273 e. The second-order valence-electron chi connectivity index (χ2n) is 7.91. The van der Waals surface area contributed by atoms with E-state index >= 15 is 0 Å². The SMILES string of the molecule is Cc1ccc(NC2CC3CCC2N(C(=O)c2ncccc2-c2nccs2)C3)nc1. The Hall–Kier alpha value is -2.80. The van der Waals surface area contributed by atoms with Crippen molar-refractivity contribution in [1.29, 1.82) is 0 Å². The largest absolute Gasteiger partial charge is 0.365 e. The molecule has 1 saturated carbocycles. The van der Waals surface area contributed by atoms with Crippen LogP contribution in [-0.4, -0.2) is 44.4 Å². The van der Waals surface area contributed by atoms with Crippen LogP contribution in [0, 0.1) is 12.8 Å². The molecule has 6 rings (SSSR count). The van der Waals surface area contributed by atoms with Gasteiger partial charge < -0.3 is 10.2 Å². The number of anilines is 1. The van der Waals surface area contributed by atoms with E-state index in [1.807, 2.05) is 41.6 Å². The van der Waals surface area contributed by atoms with Crippen LogP contribution in [0.5, 0.6) is 0 Å². The maximum atomic E-state index is 13.5. The smallest absolute Gasteiger partial charge is 0.273 e. The van der Waals surface area contributed by atoms with Gasteiger partial charge in [-0.15, -0.1) is 11.3 Å². The molecule has 0 radical (unpaired) electrons. The summed E-state index contributed by atoms with van der Waals surface area (Å²) in [6, 6.07) is 8.25. The molecule has 3 aromatic rings. The first-order chi connectivity index (χ1) is 14.2. The number of amides is 1. The van der Waals surface area contributed by atoms with Gasteiger partial charge in [-0.05, 0) is 55.9 Å². The molecule has 1 aliphatic carbocycles. The van der Waals surface area contributed by atoms with Gasteiger partial charge in [0.15, 0.2) is 0 Å². The zero-order valence-electron chi connectivity index (χ0n) is 16.3. The molecule has 3 aliphatic rings. The lowest BCUT2D eigenvalue weighted by Gasteiger charge is -2.50. The molecule has 0 spiro atoms. The summed E-state index contributed by atoms with van der Waals surface area (Å²) in [5.74, 6) is 1.40. The molecule has 7 heteroatoms. The summed E-state index contributed by atoms with van der Waals surface area (Å²) in [5, 5.41) is 6.34. The first-order valence-corrected chi connectivity index (χ1v) is 10.9. The molecule has 3 aromatic heterocycles. The van der Waals surface area contributed by atoms with Crippen LogP contribution in [0.25, 0.3) is 10.6 Å². The number of hydrogen-bond acceptors (Lipinski definition) is 6. The lowest BCUT2D eigenvalue weighted by molar-refractivity contribution is 0.0277. The van der Waals surface area contributed by atoms with Crippen LogP contribution in [0.4, 0.5) is 5.82 Å². The topological polar surface area (TPSA) is 71.0 Å². The number of fused-ring (bicyclic) bond motifs is 3. The van der Waals surface area contributed by atoms with Crippen molar-refractivity contribution in [2.75, 3.05) is 11.9 Å². The third kappa shape index (κ3) is 3.51. The molecule has 3 unspecified atom stereocenters. The Balaban J connectivity index is 1.41. The van der Waals surface area contributed by atoms with Gasteiger partial charge in [0.25, 0.3) is 5.91 Å². The Bertz CT molecular complexity index is 1000. The predicted molar refractivity (Wildman–Crippen MR) is 114 cm³/mol. The minimum Gasteiger partial charge on any atom is -0.365 e. The van der Waals surface area contributed by atoms with Crippen LogP contribution >= 0.6 is 11.3 Å². The molecule has 0 aromatic carbocycles. The zero-order valence-corrected chi connectivity index (χ0v) is 17.1. The fraction of sp³-hybridized carbons (Fsp3) is 0.364. The first kappa shape index (κ1) is 18.2. The van der Waals surface area contributed by atoms with Crippen molar-refractivity contribution in [3.63, 3.8) is 0 Å². The standard InChI is InChI=1S/C22H23N5OS/c1-14-4-7-19(25-12-14)26-17-11-15-5-6-18(17)27(13-15)22(28)20-16(3-2-8-23-20)21-24-9-10-29-21/h2-4,7-10,12,15,17-18H,5-6,11,13H2,1H3,(H,25,26). The molecule has 29 heavy (non-hydrogen) atoms. The average Bonchev–Trinajstić information content (AvgIpc) is 3.30. The van der Waals surface area contributed by atoms with Crippen molar-refractivity contribution in [2.24, 2.45) is 5.92 Å². The van der Waals surface area contributed by atoms with Gasteiger partial charge in [0.2, 0.25) is 0 Å². The third-order valence-corrected chi connectivity index (χ3v) is 6.76. The molecule has 2 aliphatic heterocycles. The zero-order chi connectivity index (χ0) is 19.8. The highest BCUT2D eigenvalue weighted by Crippen LogP contribution is 2.38. The number of carbonyl (C=O) groups is 1. The monoisotopic (exact) mass is 405 g/mol. The summed E-state index contributed by atoms with van der Waals surface area (Å²) in [6.45, 7) is 2.84. The van der Waals surface area contributed by atoms with Crippen molar-refractivity contribution in [3.8, 4) is 10.6 Å². The number of pyridine rings is 2. The van der Waals surface area contributed by atoms with E-state index in [9.17, 15) is 4.79 Å². The van der Waals surface area contributed by atoms with E-state index in [2.05, 4.69) is 26.3 Å². The number of aryl methyl sites for hydroxylation is 1. The van der Waals surface area contributed by atoms with Gasteiger partial charge in [0, 0.05) is 42.1 Å². The van der Waals surface area contributed by atoms with Crippen molar-refractivity contribution in [2.45, 2.75) is 38.3 Å². The maximum absolute atomic E-state index is 13.5. The molecule has 6 nitrogen and oxygen atoms in total. The molecular weight excluding hydrogens is 382 g/mol. The van der Waals surface area contributed by atoms with Gasteiger partial charge in [-0.1, -0.05) is 6.07 Å². The van der Waals surface area contributed by atoms with E-state index < -0.39 is 0 Å². The van der Waals surface area contributed by atoms with Crippen molar-refractivity contribution < 1.29 is 4.79 Å². The quantitative estimate of drug-likeness (QED) is 0.710. The van der Waals surface area contributed by atoms with Crippen molar-refractivity contribution in [1.82, 2.24) is 19.9 Å². The molecular formula is C22H23N5OS. The fourth-order valence-corrected chi connectivity index (χ4v) is 5.23. The molecule has 3 fully saturated rings. The van der Waals surface area contributed by atoms with Crippen LogP contribution in [-0.2, 0) is 0 Å². The highest BCUT2D eigenvalue weighted by Gasteiger charge is 2.43. The molecule has 5 heterocycles. The highest BCUT2D eigenvalue weighted by molar-refractivity contribution is 7.13. The fourth-order valence-electron chi connectivity index (χ4n) is 4.57. The van der Waals surface area contributed by atoms with E-state index in [4.69, 9.17) is 0 Å². The third-order valence-electron chi connectivity index (χ3n) is 5.96. The Morgan fingerprint density at radius 2 is 2.10 bits per heavy atom. The van der Waals surface area contributed by atoms with Crippen LogP contribution in [0.1, 0.15) is 35.3 Å². The minimum atomic E-state index is 0.00821. The number of carbonyl (C=O) groups excluding carboxylic acids is 1. The van der Waals surface area contributed by atoms with Crippen LogP contribution in [0.15, 0.2) is 48.2 Å². The number of aromatic nitrogens is 3. The normalized spacial score (nSPS) is 23.2. The molecule has 3 atom stereocenters.